The largest absolute Gasteiger partial charge is 0.259 e. The van der Waals surface area contributed by atoms with Crippen molar-refractivity contribution in [1.82, 2.24) is 0 Å². The summed E-state index contributed by atoms with van der Waals surface area (Å²) in [5.41, 5.74) is 0. The van der Waals surface area contributed by atoms with Gasteiger partial charge >= 0.3 is 0 Å². The lowest BCUT2D eigenvalue weighted by Gasteiger charge is -2.12. The van der Waals surface area contributed by atoms with Gasteiger partial charge < -0.3 is 0 Å². The molecule has 0 aromatic heterocycles. The molecule has 1 saturated carbocycles. The van der Waals surface area contributed by atoms with Gasteiger partial charge in [0.15, 0.2) is 0 Å². The Labute approximate surface area is 89.1 Å². The van der Waals surface area contributed by atoms with Crippen LogP contribution in [0.25, 0.3) is 0 Å². The molecule has 1 aliphatic rings. The minimum Gasteiger partial charge on any atom is -0.259 e. The Morgan fingerprint density at radius 3 is 2.86 bits per heavy atom. The van der Waals surface area contributed by atoms with E-state index in [1.54, 1.807) is 0 Å². The predicted octanol–water partition coefficient (Wildman–Crippen LogP) is 2.62. The van der Waals surface area contributed by atoms with Gasteiger partial charge in [0.1, 0.15) is 0 Å². The molecule has 0 aliphatic heterocycles. The van der Waals surface area contributed by atoms with Gasteiger partial charge in [-0.2, -0.15) is 5.26 Å². The zero-order valence-corrected chi connectivity index (χ0v) is 9.68. The Balaban J connectivity index is 2.33. The summed E-state index contributed by atoms with van der Waals surface area (Å²) in [6, 6.07) is 2.29. The molecule has 3 atom stereocenters. The van der Waals surface area contributed by atoms with Crippen LogP contribution in [-0.4, -0.2) is 15.2 Å². The Morgan fingerprint density at radius 1 is 1.43 bits per heavy atom. The lowest BCUT2D eigenvalue weighted by molar-refractivity contribution is 0.640. The molecule has 0 N–H and O–H groups in total. The van der Waals surface area contributed by atoms with Crippen molar-refractivity contribution in [2.75, 3.05) is 5.75 Å². The molecule has 2 nitrogen and oxygen atoms in total. The fraction of sp³-hybridized carbons (Fsp3) is 0.909. The first-order chi connectivity index (χ1) is 6.79. The van der Waals surface area contributed by atoms with Crippen LogP contribution in [0.5, 0.6) is 0 Å². The highest BCUT2D eigenvalue weighted by molar-refractivity contribution is 7.85. The molecular formula is C11H19NOS. The van der Waals surface area contributed by atoms with Gasteiger partial charge in [0.05, 0.1) is 17.2 Å². The molecule has 0 amide bonds. The maximum atomic E-state index is 11.8. The van der Waals surface area contributed by atoms with Crippen LogP contribution in [0.1, 0.15) is 45.4 Å². The zero-order chi connectivity index (χ0) is 10.4. The topological polar surface area (TPSA) is 40.9 Å². The van der Waals surface area contributed by atoms with E-state index in [1.165, 1.54) is 6.42 Å². The Hall–Kier alpha value is -0.360. The monoisotopic (exact) mass is 213 g/mol. The summed E-state index contributed by atoms with van der Waals surface area (Å²) in [5, 5.41) is 9.05. The van der Waals surface area contributed by atoms with Crippen molar-refractivity contribution in [3.63, 3.8) is 0 Å². The van der Waals surface area contributed by atoms with Crippen LogP contribution in [0.3, 0.4) is 0 Å². The number of unbranched alkanes of at least 4 members (excludes halogenated alkanes) is 2. The third-order valence-electron chi connectivity index (χ3n) is 2.91. The first-order valence-corrected chi connectivity index (χ1v) is 6.94. The van der Waals surface area contributed by atoms with Gasteiger partial charge in [0.2, 0.25) is 0 Å². The average Bonchev–Trinajstić information content (AvgIpc) is 2.65. The van der Waals surface area contributed by atoms with Gasteiger partial charge in [0.25, 0.3) is 0 Å². The minimum absolute atomic E-state index is 0.0671. The third kappa shape index (κ3) is 3.09. The molecule has 3 unspecified atom stereocenters. The summed E-state index contributed by atoms with van der Waals surface area (Å²) in [6.07, 6.45) is 6.43. The Morgan fingerprint density at radius 2 is 2.21 bits per heavy atom. The van der Waals surface area contributed by atoms with Crippen molar-refractivity contribution in [3.8, 4) is 6.07 Å². The molecule has 0 aromatic rings. The maximum Gasteiger partial charge on any atom is 0.0668 e. The van der Waals surface area contributed by atoms with Gasteiger partial charge in [0, 0.05) is 16.6 Å². The van der Waals surface area contributed by atoms with Crippen LogP contribution in [0.4, 0.5) is 0 Å². The first-order valence-electron chi connectivity index (χ1n) is 5.56. The Kier molecular flexibility index (Phi) is 5.17. The number of rotatable bonds is 5. The van der Waals surface area contributed by atoms with E-state index in [9.17, 15) is 4.21 Å². The van der Waals surface area contributed by atoms with Crippen molar-refractivity contribution in [2.24, 2.45) is 5.92 Å². The number of nitrogens with zero attached hydrogens (tertiary/aromatic N) is 1. The van der Waals surface area contributed by atoms with Crippen molar-refractivity contribution in [1.29, 1.82) is 5.26 Å². The highest BCUT2D eigenvalue weighted by Crippen LogP contribution is 2.29. The van der Waals surface area contributed by atoms with Crippen LogP contribution >= 0.6 is 0 Å². The molecule has 14 heavy (non-hydrogen) atoms. The van der Waals surface area contributed by atoms with Gasteiger partial charge in [-0.3, -0.25) is 4.21 Å². The summed E-state index contributed by atoms with van der Waals surface area (Å²) in [4.78, 5) is 0. The summed E-state index contributed by atoms with van der Waals surface area (Å²) < 4.78 is 11.8. The SMILES string of the molecule is CCCCCS(=O)C1CCCC1C#N. The van der Waals surface area contributed by atoms with E-state index in [-0.39, 0.29) is 11.2 Å². The molecule has 0 radical (unpaired) electrons. The van der Waals surface area contributed by atoms with Crippen LogP contribution in [-0.2, 0) is 10.8 Å². The molecule has 0 spiro atoms. The molecular weight excluding hydrogens is 194 g/mol. The van der Waals surface area contributed by atoms with E-state index in [4.69, 9.17) is 5.26 Å². The molecule has 3 heteroatoms. The van der Waals surface area contributed by atoms with Crippen LogP contribution in [0.2, 0.25) is 0 Å². The molecule has 80 valence electrons. The van der Waals surface area contributed by atoms with Crippen molar-refractivity contribution in [3.05, 3.63) is 0 Å². The van der Waals surface area contributed by atoms with Crippen molar-refractivity contribution in [2.45, 2.75) is 50.7 Å². The van der Waals surface area contributed by atoms with Gasteiger partial charge in [-0.05, 0) is 19.3 Å². The van der Waals surface area contributed by atoms with E-state index >= 15 is 0 Å². The van der Waals surface area contributed by atoms with E-state index in [1.807, 2.05) is 0 Å². The number of hydrogen-bond acceptors (Lipinski definition) is 2. The third-order valence-corrected chi connectivity index (χ3v) is 4.84. The van der Waals surface area contributed by atoms with Gasteiger partial charge in [-0.25, -0.2) is 0 Å². The van der Waals surface area contributed by atoms with Gasteiger partial charge in [-0.15, -0.1) is 0 Å². The summed E-state index contributed by atoms with van der Waals surface area (Å²) in [7, 11) is -0.749. The second-order valence-electron chi connectivity index (χ2n) is 4.00. The van der Waals surface area contributed by atoms with E-state index in [2.05, 4.69) is 13.0 Å². The molecule has 0 heterocycles. The van der Waals surface area contributed by atoms with Crippen molar-refractivity contribution >= 4 is 10.8 Å². The van der Waals surface area contributed by atoms with E-state index in [0.29, 0.717) is 0 Å². The second kappa shape index (κ2) is 6.19. The van der Waals surface area contributed by atoms with Gasteiger partial charge in [-0.1, -0.05) is 26.2 Å². The molecule has 0 aromatic carbocycles. The zero-order valence-electron chi connectivity index (χ0n) is 8.87. The minimum atomic E-state index is -0.749. The summed E-state index contributed by atoms with van der Waals surface area (Å²) >= 11 is 0. The highest BCUT2D eigenvalue weighted by Gasteiger charge is 2.31. The maximum absolute atomic E-state index is 11.8. The summed E-state index contributed by atoms with van der Waals surface area (Å²) in [6.45, 7) is 2.15. The van der Waals surface area contributed by atoms with E-state index in [0.717, 1.165) is 37.9 Å². The number of nitriles is 1. The van der Waals surface area contributed by atoms with Crippen LogP contribution < -0.4 is 0 Å². The quantitative estimate of drug-likeness (QED) is 0.659. The normalized spacial score (nSPS) is 28.6. The highest BCUT2D eigenvalue weighted by atomic mass is 32.2. The number of hydrogen-bond donors (Lipinski definition) is 0. The molecule has 0 bridgehead atoms. The standard InChI is InChI=1S/C11H19NOS/c1-2-3-4-8-14(13)11-7-5-6-10(11)9-12/h10-11H,2-8H2,1H3. The molecule has 1 rings (SSSR count). The smallest absolute Gasteiger partial charge is 0.0668 e. The second-order valence-corrected chi connectivity index (χ2v) is 5.77. The average molecular weight is 213 g/mol. The fourth-order valence-corrected chi connectivity index (χ4v) is 3.82. The predicted molar refractivity (Wildman–Crippen MR) is 59.3 cm³/mol. The first kappa shape index (κ1) is 11.7. The van der Waals surface area contributed by atoms with E-state index < -0.39 is 10.8 Å². The Bertz CT molecular complexity index is 234. The lowest BCUT2D eigenvalue weighted by Crippen LogP contribution is -2.21. The van der Waals surface area contributed by atoms with Crippen LogP contribution in [0, 0.1) is 17.2 Å². The summed E-state index contributed by atoms with van der Waals surface area (Å²) in [5.74, 6) is 0.869. The molecule has 1 fully saturated rings. The fourth-order valence-electron chi connectivity index (χ4n) is 2.03. The molecule has 1 aliphatic carbocycles. The van der Waals surface area contributed by atoms with Crippen molar-refractivity contribution < 1.29 is 4.21 Å². The van der Waals surface area contributed by atoms with Crippen LogP contribution in [0.15, 0.2) is 0 Å². The lowest BCUT2D eigenvalue weighted by atomic mass is 10.1. The molecule has 0 saturated heterocycles.